The fourth-order valence-electron chi connectivity index (χ4n) is 5.34. The van der Waals surface area contributed by atoms with Gasteiger partial charge >= 0.3 is 0 Å². The van der Waals surface area contributed by atoms with E-state index in [4.69, 9.17) is 9.40 Å². The number of allylic oxidation sites excluding steroid dienone is 3. The van der Waals surface area contributed by atoms with E-state index in [1.165, 1.54) is 25.1 Å². The van der Waals surface area contributed by atoms with E-state index in [-0.39, 0.29) is 29.4 Å². The van der Waals surface area contributed by atoms with Crippen LogP contribution in [0, 0.1) is 31.4 Å². The number of carbonyl (C=O) groups excluding carboxylic acids is 1. The molecule has 0 spiro atoms. The highest BCUT2D eigenvalue weighted by Gasteiger charge is 2.30. The predicted octanol–water partition coefficient (Wildman–Crippen LogP) is 8.82. The second-order valence-electron chi connectivity index (χ2n) is 12.0. The van der Waals surface area contributed by atoms with Crippen LogP contribution in [0.3, 0.4) is 0 Å². The zero-order valence-corrected chi connectivity index (χ0v) is 27.9. The third kappa shape index (κ3) is 9.56. The lowest BCUT2D eigenvalue weighted by atomic mass is 9.89. The van der Waals surface area contributed by atoms with Crippen LogP contribution < -0.4 is 0 Å². The first-order chi connectivity index (χ1) is 21.7. The molecule has 3 aromatic rings. The highest BCUT2D eigenvalue weighted by atomic mass is 19.3. The summed E-state index contributed by atoms with van der Waals surface area (Å²) in [6, 6.07) is 3.65. The number of hydrogen-bond donors (Lipinski definition) is 0. The smallest absolute Gasteiger partial charge is 0.266 e. The Morgan fingerprint density at radius 3 is 2.28 bits per heavy atom. The largest absolute Gasteiger partial charge is 0.416 e. The maximum Gasteiger partial charge on any atom is 0.266 e. The second kappa shape index (κ2) is 16.1. The molecule has 1 fully saturated rings. The first-order valence-corrected chi connectivity index (χ1v) is 15.8. The Kier molecular flexibility index (Phi) is 12.8. The molecule has 1 atom stereocenters. The molecule has 0 N–H and O–H groups in total. The monoisotopic (exact) mass is 643 g/mol. The molecule has 7 nitrogen and oxygen atoms in total. The summed E-state index contributed by atoms with van der Waals surface area (Å²) in [5.41, 5.74) is 3.10. The molecular formula is C35H45F4N5O2. The van der Waals surface area contributed by atoms with E-state index in [9.17, 15) is 22.4 Å². The van der Waals surface area contributed by atoms with Crippen LogP contribution in [0.4, 0.5) is 17.6 Å². The summed E-state index contributed by atoms with van der Waals surface area (Å²) in [6.45, 7) is 16.4. The van der Waals surface area contributed by atoms with Crippen molar-refractivity contribution in [2.75, 3.05) is 13.1 Å². The molecule has 250 valence electrons. The fourth-order valence-corrected chi connectivity index (χ4v) is 5.34. The van der Waals surface area contributed by atoms with Crippen molar-refractivity contribution in [2.45, 2.75) is 98.8 Å². The summed E-state index contributed by atoms with van der Waals surface area (Å²) in [5, 5.41) is 8.75. The van der Waals surface area contributed by atoms with Crippen molar-refractivity contribution in [3.05, 3.63) is 76.7 Å². The third-order valence-electron chi connectivity index (χ3n) is 8.13. The number of aryl methyl sites for hydroxylation is 2. The van der Waals surface area contributed by atoms with Gasteiger partial charge in [0.25, 0.3) is 11.8 Å². The number of carbonyl (C=O) groups is 1. The lowest BCUT2D eigenvalue weighted by Gasteiger charge is -2.32. The molecule has 1 unspecified atom stereocenters. The van der Waals surface area contributed by atoms with Gasteiger partial charge in [0.2, 0.25) is 11.8 Å². The van der Waals surface area contributed by atoms with Crippen LogP contribution in [-0.2, 0) is 11.2 Å². The number of rotatable bonds is 10. The van der Waals surface area contributed by atoms with Crippen LogP contribution in [0.5, 0.6) is 0 Å². The molecule has 1 aliphatic heterocycles. The predicted molar refractivity (Wildman–Crippen MR) is 171 cm³/mol. The van der Waals surface area contributed by atoms with E-state index < -0.39 is 17.6 Å². The molecule has 3 heterocycles. The molecule has 0 bridgehead atoms. The number of halogens is 4. The van der Waals surface area contributed by atoms with E-state index in [0.717, 1.165) is 48.7 Å². The van der Waals surface area contributed by atoms with E-state index in [2.05, 4.69) is 48.6 Å². The Morgan fingerprint density at radius 1 is 1.13 bits per heavy atom. The van der Waals surface area contributed by atoms with Crippen molar-refractivity contribution in [3.8, 4) is 11.5 Å². The lowest BCUT2D eigenvalue weighted by Crippen LogP contribution is -2.39. The first-order valence-electron chi connectivity index (χ1n) is 15.8. The van der Waals surface area contributed by atoms with Gasteiger partial charge < -0.3 is 9.32 Å². The number of aromatic nitrogens is 4. The van der Waals surface area contributed by atoms with E-state index in [1.807, 2.05) is 13.8 Å². The minimum atomic E-state index is -2.69. The summed E-state index contributed by atoms with van der Waals surface area (Å²) in [6.07, 6.45) is 6.21. The van der Waals surface area contributed by atoms with Gasteiger partial charge in [-0.15, -0.1) is 10.2 Å². The Labute approximate surface area is 269 Å². The molecule has 1 aromatic carbocycles. The second-order valence-corrected chi connectivity index (χ2v) is 12.0. The molecule has 0 aliphatic carbocycles. The van der Waals surface area contributed by atoms with Gasteiger partial charge in [0.05, 0.1) is 23.4 Å². The van der Waals surface area contributed by atoms with Gasteiger partial charge in [0.1, 0.15) is 17.5 Å². The van der Waals surface area contributed by atoms with Crippen molar-refractivity contribution < 1.29 is 26.8 Å². The summed E-state index contributed by atoms with van der Waals surface area (Å²) in [4.78, 5) is 23.9. The third-order valence-corrected chi connectivity index (χ3v) is 8.13. The Bertz CT molecular complexity index is 1520. The van der Waals surface area contributed by atoms with Crippen LogP contribution in [0.25, 0.3) is 17.0 Å². The molecular weight excluding hydrogens is 598 g/mol. The van der Waals surface area contributed by atoms with E-state index in [1.54, 1.807) is 4.90 Å². The minimum Gasteiger partial charge on any atom is -0.416 e. The number of amides is 1. The van der Waals surface area contributed by atoms with Gasteiger partial charge in [-0.25, -0.2) is 27.5 Å². The Balaban J connectivity index is 0.000000738. The lowest BCUT2D eigenvalue weighted by molar-refractivity contribution is -0.131. The van der Waals surface area contributed by atoms with Gasteiger partial charge in [-0.1, -0.05) is 45.9 Å². The zero-order valence-electron chi connectivity index (χ0n) is 27.9. The number of alkyl halides is 2. The zero-order chi connectivity index (χ0) is 34.2. The molecule has 2 aromatic heterocycles. The van der Waals surface area contributed by atoms with Crippen LogP contribution >= 0.6 is 0 Å². The summed E-state index contributed by atoms with van der Waals surface area (Å²) in [7, 11) is 0. The average molecular weight is 644 g/mol. The Morgan fingerprint density at radius 2 is 1.74 bits per heavy atom. The molecule has 0 radical (unpaired) electrons. The Hall–Kier alpha value is -3.89. The van der Waals surface area contributed by atoms with Gasteiger partial charge in [-0.05, 0) is 70.1 Å². The SMILES string of the molecule is C=C(C)C(C)(F)F.CCCC(C)/C=C(\CC)c1nnc(-c2c(C)nc(C)nc2C2CCN(C(=O)Cc3c(F)cccc3F)CC2)o1. The molecule has 1 aliphatic rings. The van der Waals surface area contributed by atoms with Crippen molar-refractivity contribution >= 4 is 11.5 Å². The summed E-state index contributed by atoms with van der Waals surface area (Å²) >= 11 is 0. The molecule has 46 heavy (non-hydrogen) atoms. The number of nitrogens with zero attached hydrogens (tertiary/aromatic N) is 5. The molecule has 4 rings (SSSR count). The molecule has 1 amide bonds. The van der Waals surface area contributed by atoms with Crippen LogP contribution in [0.2, 0.25) is 0 Å². The van der Waals surface area contributed by atoms with Gasteiger partial charge in [0.15, 0.2) is 0 Å². The maximum absolute atomic E-state index is 14.1. The number of benzene rings is 1. The van der Waals surface area contributed by atoms with Crippen molar-refractivity contribution in [1.82, 2.24) is 25.1 Å². The average Bonchev–Trinajstić information content (AvgIpc) is 3.47. The highest BCUT2D eigenvalue weighted by Crippen LogP contribution is 2.36. The van der Waals surface area contributed by atoms with Crippen LogP contribution in [-0.4, -0.2) is 50.0 Å². The van der Waals surface area contributed by atoms with E-state index >= 15 is 0 Å². The number of hydrogen-bond acceptors (Lipinski definition) is 6. The normalized spacial score (nSPS) is 14.9. The van der Waals surface area contributed by atoms with Crippen molar-refractivity contribution in [1.29, 1.82) is 0 Å². The topological polar surface area (TPSA) is 85.0 Å². The molecule has 1 saturated heterocycles. The van der Waals surface area contributed by atoms with Crippen molar-refractivity contribution in [3.63, 3.8) is 0 Å². The quantitative estimate of drug-likeness (QED) is 0.162. The fraction of sp³-hybridized carbons (Fsp3) is 0.514. The maximum atomic E-state index is 14.1. The number of likely N-dealkylation sites (tertiary alicyclic amines) is 1. The van der Waals surface area contributed by atoms with Crippen molar-refractivity contribution in [2.24, 2.45) is 5.92 Å². The standard InChI is InChI=1S/C30H37F2N5O2.C5H8F2/c1-6-9-18(3)16-21(7-2)29-35-36-30(39-29)27-19(4)33-20(5)34-28(27)22-12-14-37(15-13-22)26(38)17-23-24(31)10-8-11-25(23)32;1-4(2)5(3,6)7/h8,10-11,16,18,22H,6-7,9,12-15,17H2,1-5H3;1H2,2-3H3/b21-16+;. The molecule has 0 saturated carbocycles. The van der Waals surface area contributed by atoms with Crippen LogP contribution in [0.1, 0.15) is 101 Å². The van der Waals surface area contributed by atoms with Gasteiger partial charge in [-0.2, -0.15) is 0 Å². The van der Waals surface area contributed by atoms with Gasteiger partial charge in [-0.3, -0.25) is 4.79 Å². The highest BCUT2D eigenvalue weighted by molar-refractivity contribution is 5.79. The van der Waals surface area contributed by atoms with E-state index in [0.29, 0.717) is 49.5 Å². The first kappa shape index (κ1) is 36.6. The van der Waals surface area contributed by atoms with Crippen LogP contribution in [0.15, 0.2) is 40.8 Å². The summed E-state index contributed by atoms with van der Waals surface area (Å²) in [5.74, 6) is -2.34. The molecule has 11 heteroatoms. The number of piperidine rings is 1. The minimum absolute atomic E-state index is 0.0516. The summed E-state index contributed by atoms with van der Waals surface area (Å²) < 4.78 is 57.8. The van der Waals surface area contributed by atoms with Gasteiger partial charge in [0, 0.05) is 37.1 Å².